The van der Waals surface area contributed by atoms with E-state index in [9.17, 15) is 18.0 Å². The first kappa shape index (κ1) is 25.7. The number of pyridine rings is 1. The Labute approximate surface area is 206 Å². The fourth-order valence-electron chi connectivity index (χ4n) is 4.89. The van der Waals surface area contributed by atoms with Gasteiger partial charge in [-0.05, 0) is 57.6 Å². The van der Waals surface area contributed by atoms with Crippen LogP contribution in [-0.4, -0.2) is 80.4 Å². The van der Waals surface area contributed by atoms with Gasteiger partial charge in [0, 0.05) is 31.5 Å². The Bertz CT molecular complexity index is 1230. The van der Waals surface area contributed by atoms with E-state index in [-0.39, 0.29) is 5.91 Å². The summed E-state index contributed by atoms with van der Waals surface area (Å²) in [4.78, 5) is 26.5. The predicted octanol–water partition coefficient (Wildman–Crippen LogP) is 4.33. The van der Waals surface area contributed by atoms with Crippen LogP contribution in [0.3, 0.4) is 0 Å². The normalized spacial score (nSPS) is 18.6. The topological polar surface area (TPSA) is 83.1 Å². The van der Waals surface area contributed by atoms with Gasteiger partial charge in [-0.3, -0.25) is 9.48 Å². The van der Waals surface area contributed by atoms with E-state index in [1.807, 2.05) is 35.4 Å². The lowest BCUT2D eigenvalue weighted by atomic mass is 10.2. The van der Waals surface area contributed by atoms with Crippen molar-refractivity contribution in [3.63, 3.8) is 0 Å². The van der Waals surface area contributed by atoms with Crippen LogP contribution in [0.2, 0.25) is 0 Å². The van der Waals surface area contributed by atoms with Crippen LogP contribution in [-0.2, 0) is 4.79 Å². The van der Waals surface area contributed by atoms with Gasteiger partial charge in [-0.25, -0.2) is 4.79 Å². The highest BCUT2D eigenvalue weighted by Gasteiger charge is 2.38. The van der Waals surface area contributed by atoms with Crippen molar-refractivity contribution in [2.24, 2.45) is 0 Å². The van der Waals surface area contributed by atoms with E-state index in [4.69, 9.17) is 15.0 Å². The molecule has 3 aromatic heterocycles. The van der Waals surface area contributed by atoms with E-state index in [0.717, 1.165) is 42.0 Å². The molecule has 3 aromatic rings. The fraction of sp³-hybridized carbons (Fsp3) is 0.480. The Hall–Kier alpha value is -3.34. The average Bonchev–Trinajstić information content (AvgIpc) is 3.63. The van der Waals surface area contributed by atoms with Gasteiger partial charge in [0.2, 0.25) is 0 Å². The smallest absolute Gasteiger partial charge is 0.475 e. The Balaban J connectivity index is 0.000000384. The number of carboxylic acids is 1. The molecule has 0 spiro atoms. The molecule has 0 bridgehead atoms. The predicted molar refractivity (Wildman–Crippen MR) is 128 cm³/mol. The maximum atomic E-state index is 13.4. The van der Waals surface area contributed by atoms with Crippen LogP contribution in [0.15, 0.2) is 42.7 Å². The lowest BCUT2D eigenvalue weighted by molar-refractivity contribution is -0.192. The van der Waals surface area contributed by atoms with Crippen molar-refractivity contribution >= 4 is 17.4 Å². The highest BCUT2D eigenvalue weighted by atomic mass is 19.4. The van der Waals surface area contributed by atoms with E-state index < -0.39 is 12.1 Å². The fourth-order valence-corrected chi connectivity index (χ4v) is 4.89. The van der Waals surface area contributed by atoms with Crippen molar-refractivity contribution in [2.75, 3.05) is 27.2 Å². The van der Waals surface area contributed by atoms with Crippen molar-refractivity contribution in [3.8, 4) is 11.4 Å². The second kappa shape index (κ2) is 10.3. The number of carbonyl (C=O) groups is 2. The number of likely N-dealkylation sites (N-methyl/N-ethyl adjacent to an activating group) is 1. The molecule has 11 heteroatoms. The number of fused-ring (bicyclic) bond motifs is 1. The number of rotatable bonds is 4. The highest BCUT2D eigenvalue weighted by Crippen LogP contribution is 2.31. The molecule has 1 saturated carbocycles. The molecule has 4 heterocycles. The molecule has 1 aliphatic carbocycles. The third-order valence-electron chi connectivity index (χ3n) is 6.90. The zero-order chi connectivity index (χ0) is 26.0. The van der Waals surface area contributed by atoms with Crippen LogP contribution in [0.5, 0.6) is 0 Å². The van der Waals surface area contributed by atoms with E-state index in [1.54, 1.807) is 0 Å². The third kappa shape index (κ3) is 5.40. The molecule has 1 unspecified atom stereocenters. The van der Waals surface area contributed by atoms with Crippen LogP contribution in [0.4, 0.5) is 13.2 Å². The molecular weight excluding hydrogens is 475 g/mol. The van der Waals surface area contributed by atoms with E-state index in [0.29, 0.717) is 12.1 Å². The van der Waals surface area contributed by atoms with Crippen molar-refractivity contribution in [1.29, 1.82) is 0 Å². The molecule has 36 heavy (non-hydrogen) atoms. The SMILES string of the molecule is CN(C)C1CCN(C(=O)c2cc(-c3ccn(C4CCCC4)n3)n3ccccc23)C1.O=C(O)C(F)(F)F. The molecule has 1 amide bonds. The van der Waals surface area contributed by atoms with Crippen molar-refractivity contribution in [1.82, 2.24) is 24.0 Å². The molecule has 194 valence electrons. The van der Waals surface area contributed by atoms with Crippen molar-refractivity contribution in [2.45, 2.75) is 50.4 Å². The van der Waals surface area contributed by atoms with Gasteiger partial charge >= 0.3 is 12.1 Å². The molecular formula is C25H30F3N5O3. The minimum absolute atomic E-state index is 0.125. The van der Waals surface area contributed by atoms with Crippen molar-refractivity contribution in [3.05, 3.63) is 48.3 Å². The second-order valence-electron chi connectivity index (χ2n) is 9.48. The third-order valence-corrected chi connectivity index (χ3v) is 6.90. The lowest BCUT2D eigenvalue weighted by Gasteiger charge is -2.20. The number of amides is 1. The summed E-state index contributed by atoms with van der Waals surface area (Å²) in [6.07, 6.45) is 5.07. The molecule has 5 rings (SSSR count). The number of alkyl halides is 3. The second-order valence-corrected chi connectivity index (χ2v) is 9.48. The van der Waals surface area contributed by atoms with E-state index in [1.165, 1.54) is 25.7 Å². The Morgan fingerprint density at radius 3 is 2.39 bits per heavy atom. The molecule has 8 nitrogen and oxygen atoms in total. The van der Waals surface area contributed by atoms with Gasteiger partial charge in [0.15, 0.2) is 0 Å². The molecule has 0 aromatic carbocycles. The van der Waals surface area contributed by atoms with Crippen LogP contribution in [0.1, 0.15) is 48.5 Å². The highest BCUT2D eigenvalue weighted by molar-refractivity contribution is 6.03. The van der Waals surface area contributed by atoms with Gasteiger partial charge in [0.05, 0.1) is 22.8 Å². The summed E-state index contributed by atoms with van der Waals surface area (Å²) in [5.41, 5.74) is 3.65. The summed E-state index contributed by atoms with van der Waals surface area (Å²) >= 11 is 0. The molecule has 0 radical (unpaired) electrons. The van der Waals surface area contributed by atoms with Gasteiger partial charge in [-0.2, -0.15) is 18.3 Å². The van der Waals surface area contributed by atoms with E-state index >= 15 is 0 Å². The van der Waals surface area contributed by atoms with Crippen molar-refractivity contribution < 1.29 is 27.9 Å². The quantitative estimate of drug-likeness (QED) is 0.571. The first-order chi connectivity index (χ1) is 17.1. The lowest BCUT2D eigenvalue weighted by Crippen LogP contribution is -2.34. The summed E-state index contributed by atoms with van der Waals surface area (Å²) in [6.45, 7) is 1.61. The summed E-state index contributed by atoms with van der Waals surface area (Å²) in [6, 6.07) is 11.1. The first-order valence-corrected chi connectivity index (χ1v) is 12.0. The molecule has 1 atom stereocenters. The van der Waals surface area contributed by atoms with Gasteiger partial charge in [-0.15, -0.1) is 0 Å². The molecule has 1 N–H and O–H groups in total. The number of aliphatic carboxylic acids is 1. The van der Waals surface area contributed by atoms with Gasteiger partial charge < -0.3 is 19.3 Å². The van der Waals surface area contributed by atoms with Gasteiger partial charge in [0.25, 0.3) is 5.91 Å². The number of nitrogens with zero attached hydrogens (tertiary/aromatic N) is 5. The monoisotopic (exact) mass is 505 g/mol. The Kier molecular flexibility index (Phi) is 7.39. The maximum Gasteiger partial charge on any atom is 0.490 e. The molecule has 1 saturated heterocycles. The first-order valence-electron chi connectivity index (χ1n) is 12.0. The number of likely N-dealkylation sites (tertiary alicyclic amines) is 1. The zero-order valence-corrected chi connectivity index (χ0v) is 20.3. The summed E-state index contributed by atoms with van der Waals surface area (Å²) in [7, 11) is 4.18. The van der Waals surface area contributed by atoms with Gasteiger partial charge in [-0.1, -0.05) is 18.9 Å². The minimum atomic E-state index is -5.08. The number of aromatic nitrogens is 3. The molecule has 2 fully saturated rings. The number of hydrogen-bond acceptors (Lipinski definition) is 4. The Morgan fingerprint density at radius 1 is 1.08 bits per heavy atom. The summed E-state index contributed by atoms with van der Waals surface area (Å²) < 4.78 is 36.0. The Morgan fingerprint density at radius 2 is 1.78 bits per heavy atom. The van der Waals surface area contributed by atoms with Crippen LogP contribution >= 0.6 is 0 Å². The molecule has 1 aliphatic heterocycles. The maximum absolute atomic E-state index is 13.4. The summed E-state index contributed by atoms with van der Waals surface area (Å²) in [5.74, 6) is -2.63. The van der Waals surface area contributed by atoms with Crippen LogP contribution in [0.25, 0.3) is 16.9 Å². The average molecular weight is 506 g/mol. The van der Waals surface area contributed by atoms with E-state index in [2.05, 4.69) is 40.3 Å². The zero-order valence-electron chi connectivity index (χ0n) is 20.3. The number of halogens is 3. The standard InChI is InChI=1S/C23H29N5O.C2HF3O2/c1-25(2)18-10-13-26(16-18)23(29)19-15-22(27-12-6-5-9-21(19)27)20-11-14-28(24-20)17-7-3-4-8-17;3-2(4,5)1(6)7/h5-6,9,11-12,14-15,17-18H,3-4,7-8,10,13,16H2,1-2H3;(H,6,7). The van der Waals surface area contributed by atoms with Crippen LogP contribution < -0.4 is 0 Å². The number of carbonyl (C=O) groups excluding carboxylic acids is 1. The largest absolute Gasteiger partial charge is 0.490 e. The van der Waals surface area contributed by atoms with Gasteiger partial charge in [0.1, 0.15) is 5.69 Å². The number of hydrogen-bond donors (Lipinski definition) is 1. The molecule has 2 aliphatic rings. The van der Waals surface area contributed by atoms with Crippen LogP contribution in [0, 0.1) is 0 Å². The summed E-state index contributed by atoms with van der Waals surface area (Å²) in [5, 5.41) is 12.0. The number of carboxylic acid groups (broad SMARTS) is 1. The minimum Gasteiger partial charge on any atom is -0.475 e.